The van der Waals surface area contributed by atoms with E-state index in [0.29, 0.717) is 0 Å². The number of thiazole rings is 1. The highest BCUT2D eigenvalue weighted by Gasteiger charge is 2.00. The second kappa shape index (κ2) is 4.31. The highest BCUT2D eigenvalue weighted by Crippen LogP contribution is 2.19. The molecule has 15 heavy (non-hydrogen) atoms. The molecule has 0 aliphatic rings. The number of rotatable bonds is 4. The minimum Gasteiger partial charge on any atom is -0.389 e. The van der Waals surface area contributed by atoms with Gasteiger partial charge in [-0.2, -0.15) is 0 Å². The molecule has 0 bridgehead atoms. The standard InChI is InChI=1S/C9H13N5S/c1-14-5-4-11-8(14)2-3-12-9-13-6-7(10)15-9/h4-6H,2-3,10H2,1H3,(H,12,13). The summed E-state index contributed by atoms with van der Waals surface area (Å²) in [6.07, 6.45) is 6.28. The van der Waals surface area contributed by atoms with Crippen molar-refractivity contribution in [3.63, 3.8) is 0 Å². The van der Waals surface area contributed by atoms with Gasteiger partial charge in [0.05, 0.1) is 6.20 Å². The van der Waals surface area contributed by atoms with E-state index < -0.39 is 0 Å². The fourth-order valence-electron chi connectivity index (χ4n) is 1.29. The van der Waals surface area contributed by atoms with E-state index in [1.807, 2.05) is 17.8 Å². The van der Waals surface area contributed by atoms with Crippen molar-refractivity contribution in [2.75, 3.05) is 17.6 Å². The number of hydrogen-bond donors (Lipinski definition) is 2. The monoisotopic (exact) mass is 223 g/mol. The van der Waals surface area contributed by atoms with Crippen LogP contribution in [0.3, 0.4) is 0 Å². The zero-order valence-corrected chi connectivity index (χ0v) is 9.29. The first-order valence-corrected chi connectivity index (χ1v) is 5.49. The first kappa shape index (κ1) is 9.97. The number of anilines is 2. The van der Waals surface area contributed by atoms with E-state index in [-0.39, 0.29) is 0 Å². The molecule has 5 nitrogen and oxygen atoms in total. The Labute approximate surface area is 92.0 Å². The minimum absolute atomic E-state index is 0.731. The van der Waals surface area contributed by atoms with E-state index >= 15 is 0 Å². The van der Waals surface area contributed by atoms with Crippen molar-refractivity contribution in [2.45, 2.75) is 6.42 Å². The van der Waals surface area contributed by atoms with Gasteiger partial charge in [0.2, 0.25) is 0 Å². The van der Waals surface area contributed by atoms with E-state index in [2.05, 4.69) is 15.3 Å². The number of nitrogens with two attached hydrogens (primary N) is 1. The van der Waals surface area contributed by atoms with Crippen molar-refractivity contribution >= 4 is 21.5 Å². The van der Waals surface area contributed by atoms with Crippen molar-refractivity contribution in [3.05, 3.63) is 24.4 Å². The van der Waals surface area contributed by atoms with Crippen molar-refractivity contribution in [2.24, 2.45) is 7.05 Å². The Hall–Kier alpha value is -1.56. The molecule has 80 valence electrons. The molecular weight excluding hydrogens is 210 g/mol. The second-order valence-corrected chi connectivity index (χ2v) is 4.26. The highest BCUT2D eigenvalue weighted by atomic mass is 32.1. The van der Waals surface area contributed by atoms with Crippen LogP contribution in [0, 0.1) is 0 Å². The van der Waals surface area contributed by atoms with Gasteiger partial charge in [-0.05, 0) is 0 Å². The van der Waals surface area contributed by atoms with Crippen molar-refractivity contribution in [3.8, 4) is 0 Å². The van der Waals surface area contributed by atoms with Crippen molar-refractivity contribution in [1.29, 1.82) is 0 Å². The number of nitrogen functional groups attached to an aromatic ring is 1. The van der Waals surface area contributed by atoms with E-state index in [1.54, 1.807) is 12.4 Å². The average Bonchev–Trinajstić information content (AvgIpc) is 2.77. The molecule has 0 fully saturated rings. The van der Waals surface area contributed by atoms with Crippen LogP contribution in [0.15, 0.2) is 18.6 Å². The summed E-state index contributed by atoms with van der Waals surface area (Å²) in [5.74, 6) is 1.06. The van der Waals surface area contributed by atoms with Gasteiger partial charge in [0, 0.05) is 32.4 Å². The van der Waals surface area contributed by atoms with Crippen LogP contribution >= 0.6 is 11.3 Å². The third-order valence-corrected chi connectivity index (χ3v) is 2.85. The number of imidazole rings is 1. The fraction of sp³-hybridized carbons (Fsp3) is 0.333. The van der Waals surface area contributed by atoms with Crippen LogP contribution < -0.4 is 11.1 Å². The first-order chi connectivity index (χ1) is 7.25. The van der Waals surface area contributed by atoms with Gasteiger partial charge in [0.25, 0.3) is 0 Å². The summed E-state index contributed by atoms with van der Waals surface area (Å²) in [6.45, 7) is 0.817. The summed E-state index contributed by atoms with van der Waals surface area (Å²) < 4.78 is 2.01. The van der Waals surface area contributed by atoms with Gasteiger partial charge in [-0.3, -0.25) is 0 Å². The van der Waals surface area contributed by atoms with Gasteiger partial charge in [0.15, 0.2) is 5.13 Å². The van der Waals surface area contributed by atoms with E-state index in [0.717, 1.165) is 28.9 Å². The molecule has 0 unspecified atom stereocenters. The summed E-state index contributed by atoms with van der Waals surface area (Å²) >= 11 is 1.46. The third-order valence-electron chi connectivity index (χ3n) is 2.07. The molecule has 0 spiro atoms. The predicted molar refractivity (Wildman–Crippen MR) is 61.9 cm³/mol. The van der Waals surface area contributed by atoms with Crippen molar-refractivity contribution in [1.82, 2.24) is 14.5 Å². The van der Waals surface area contributed by atoms with Gasteiger partial charge in [-0.1, -0.05) is 11.3 Å². The molecule has 0 amide bonds. The summed E-state index contributed by atoms with van der Waals surface area (Å²) in [7, 11) is 1.99. The fourth-order valence-corrected chi connectivity index (χ4v) is 1.90. The van der Waals surface area contributed by atoms with Gasteiger partial charge in [-0.15, -0.1) is 0 Å². The number of aryl methyl sites for hydroxylation is 1. The quantitative estimate of drug-likeness (QED) is 0.814. The molecule has 2 aromatic heterocycles. The molecule has 0 saturated heterocycles. The lowest BCUT2D eigenvalue weighted by molar-refractivity contribution is 0.789. The number of nitrogens with zero attached hydrogens (tertiary/aromatic N) is 3. The zero-order valence-electron chi connectivity index (χ0n) is 8.47. The maximum absolute atomic E-state index is 5.57. The number of aromatic nitrogens is 3. The summed E-state index contributed by atoms with van der Waals surface area (Å²) in [5, 5.41) is 4.80. The lowest BCUT2D eigenvalue weighted by atomic mass is 10.4. The van der Waals surface area contributed by atoms with E-state index in [9.17, 15) is 0 Å². The predicted octanol–water partition coefficient (Wildman–Crippen LogP) is 1.11. The van der Waals surface area contributed by atoms with Crippen LogP contribution in [0.5, 0.6) is 0 Å². The van der Waals surface area contributed by atoms with Crippen molar-refractivity contribution < 1.29 is 0 Å². The summed E-state index contributed by atoms with van der Waals surface area (Å²) in [4.78, 5) is 8.35. The molecular formula is C9H13N5S. The van der Waals surface area contributed by atoms with E-state index in [4.69, 9.17) is 5.73 Å². The number of nitrogens with one attached hydrogen (secondary N) is 1. The van der Waals surface area contributed by atoms with Crippen LogP contribution in [0.4, 0.5) is 10.1 Å². The van der Waals surface area contributed by atoms with Crippen LogP contribution in [0.25, 0.3) is 0 Å². The highest BCUT2D eigenvalue weighted by molar-refractivity contribution is 7.19. The Bertz CT molecular complexity index is 433. The number of hydrogen-bond acceptors (Lipinski definition) is 5. The average molecular weight is 223 g/mol. The van der Waals surface area contributed by atoms with Gasteiger partial charge >= 0.3 is 0 Å². The lowest BCUT2D eigenvalue weighted by Gasteiger charge is -2.02. The maximum atomic E-state index is 5.57. The molecule has 0 atom stereocenters. The first-order valence-electron chi connectivity index (χ1n) is 4.67. The molecule has 0 aliphatic heterocycles. The van der Waals surface area contributed by atoms with Gasteiger partial charge < -0.3 is 15.6 Å². The second-order valence-electron chi connectivity index (χ2n) is 3.20. The molecule has 2 heterocycles. The Morgan fingerprint density at radius 2 is 2.40 bits per heavy atom. The SMILES string of the molecule is Cn1ccnc1CCNc1ncc(N)s1. The molecule has 0 radical (unpaired) electrons. The molecule has 2 aromatic rings. The topological polar surface area (TPSA) is 68.8 Å². The van der Waals surface area contributed by atoms with Gasteiger partial charge in [-0.25, -0.2) is 9.97 Å². The minimum atomic E-state index is 0.731. The Morgan fingerprint density at radius 1 is 1.53 bits per heavy atom. The maximum Gasteiger partial charge on any atom is 0.184 e. The smallest absolute Gasteiger partial charge is 0.184 e. The summed E-state index contributed by atoms with van der Waals surface area (Å²) in [5.41, 5.74) is 5.57. The molecule has 2 rings (SSSR count). The van der Waals surface area contributed by atoms with Crippen LogP contribution in [0.2, 0.25) is 0 Å². The molecule has 0 aliphatic carbocycles. The molecule has 3 N–H and O–H groups in total. The van der Waals surface area contributed by atoms with E-state index in [1.165, 1.54) is 11.3 Å². The Kier molecular flexibility index (Phi) is 2.86. The van der Waals surface area contributed by atoms with Gasteiger partial charge in [0.1, 0.15) is 10.8 Å². The lowest BCUT2D eigenvalue weighted by Crippen LogP contribution is -2.08. The molecule has 6 heteroatoms. The van der Waals surface area contributed by atoms with Crippen LogP contribution in [-0.4, -0.2) is 21.1 Å². The largest absolute Gasteiger partial charge is 0.389 e. The zero-order chi connectivity index (χ0) is 10.7. The molecule has 0 aromatic carbocycles. The molecule has 0 saturated carbocycles. The Balaban J connectivity index is 1.83. The third kappa shape index (κ3) is 2.47. The summed E-state index contributed by atoms with van der Waals surface area (Å²) in [6, 6.07) is 0. The van der Waals surface area contributed by atoms with Crippen LogP contribution in [0.1, 0.15) is 5.82 Å². The van der Waals surface area contributed by atoms with Crippen LogP contribution in [-0.2, 0) is 13.5 Å². The normalized spacial score (nSPS) is 10.5. The Morgan fingerprint density at radius 3 is 3.00 bits per heavy atom.